The summed E-state index contributed by atoms with van der Waals surface area (Å²) >= 11 is 2.93. The van der Waals surface area contributed by atoms with Crippen molar-refractivity contribution in [2.75, 3.05) is 0 Å². The van der Waals surface area contributed by atoms with Crippen molar-refractivity contribution in [1.82, 2.24) is 8.96 Å². The molecule has 0 bridgehead atoms. The Hall–Kier alpha value is -3.53. The van der Waals surface area contributed by atoms with Crippen molar-refractivity contribution < 1.29 is 18.3 Å². The molecule has 3 heterocycles. The molecule has 0 radical (unpaired) electrons. The standard InChI is InChI=1S/C28H24N2O4S3/c1-3-27(26-13-12-25(36-26)23-17-35-18(2)29-23)37(33,34)30-16-21(10-14-28(31)32)22-15-20(9-11-24(22)30)19-7-5-4-6-8-19/h3-9,11-13,15-17,27H,1,10,14H2,2H3,(H,31,32). The maximum atomic E-state index is 14.0. The summed E-state index contributed by atoms with van der Waals surface area (Å²) in [5.74, 6) is -0.935. The predicted molar refractivity (Wildman–Crippen MR) is 151 cm³/mol. The Balaban J connectivity index is 1.60. The molecule has 0 spiro atoms. The van der Waals surface area contributed by atoms with E-state index in [2.05, 4.69) is 11.6 Å². The van der Waals surface area contributed by atoms with Crippen molar-refractivity contribution in [3.8, 4) is 21.7 Å². The summed E-state index contributed by atoms with van der Waals surface area (Å²) < 4.78 is 29.3. The van der Waals surface area contributed by atoms with Gasteiger partial charge in [0.15, 0.2) is 0 Å². The van der Waals surface area contributed by atoms with E-state index in [1.807, 2.05) is 66.9 Å². The first-order chi connectivity index (χ1) is 17.8. The predicted octanol–water partition coefficient (Wildman–Crippen LogP) is 6.92. The van der Waals surface area contributed by atoms with Crippen molar-refractivity contribution in [2.45, 2.75) is 25.0 Å². The molecule has 0 aliphatic rings. The summed E-state index contributed by atoms with van der Waals surface area (Å²) in [6.45, 7) is 5.77. The Kier molecular flexibility index (Phi) is 6.85. The summed E-state index contributed by atoms with van der Waals surface area (Å²) in [5.41, 5.74) is 3.94. The lowest BCUT2D eigenvalue weighted by Crippen LogP contribution is -2.18. The number of benzene rings is 2. The fourth-order valence-corrected chi connectivity index (χ4v) is 8.07. The van der Waals surface area contributed by atoms with Crippen molar-refractivity contribution in [2.24, 2.45) is 0 Å². The summed E-state index contributed by atoms with van der Waals surface area (Å²) in [5, 5.41) is 11.9. The minimum Gasteiger partial charge on any atom is -0.481 e. The number of aryl methyl sites for hydroxylation is 2. The molecule has 3 aromatic heterocycles. The van der Waals surface area contributed by atoms with E-state index in [0.717, 1.165) is 32.1 Å². The first-order valence-corrected chi connectivity index (χ1v) is 14.8. The van der Waals surface area contributed by atoms with Gasteiger partial charge in [-0.3, -0.25) is 4.79 Å². The summed E-state index contributed by atoms with van der Waals surface area (Å²) in [4.78, 5) is 17.4. The zero-order valence-electron chi connectivity index (χ0n) is 20.0. The largest absolute Gasteiger partial charge is 0.481 e. The number of hydrogen-bond acceptors (Lipinski definition) is 6. The number of thiazole rings is 1. The Morgan fingerprint density at radius 1 is 1.14 bits per heavy atom. The van der Waals surface area contributed by atoms with Crippen LogP contribution in [0.3, 0.4) is 0 Å². The number of hydrogen-bond donors (Lipinski definition) is 1. The van der Waals surface area contributed by atoms with Crippen LogP contribution in [0.25, 0.3) is 32.6 Å². The van der Waals surface area contributed by atoms with Crippen LogP contribution in [0, 0.1) is 6.92 Å². The van der Waals surface area contributed by atoms with Gasteiger partial charge in [0.05, 0.1) is 21.1 Å². The molecule has 1 unspecified atom stereocenters. The van der Waals surface area contributed by atoms with Crippen molar-refractivity contribution in [3.63, 3.8) is 0 Å². The number of carbonyl (C=O) groups is 1. The van der Waals surface area contributed by atoms with Crippen LogP contribution in [0.5, 0.6) is 0 Å². The molecule has 6 nitrogen and oxygen atoms in total. The minimum atomic E-state index is -3.95. The number of carboxylic acids is 1. The lowest BCUT2D eigenvalue weighted by Gasteiger charge is -2.14. The quantitative estimate of drug-likeness (QED) is 0.202. The van der Waals surface area contributed by atoms with Gasteiger partial charge >= 0.3 is 5.97 Å². The molecule has 0 fully saturated rings. The normalized spacial score (nSPS) is 12.6. The van der Waals surface area contributed by atoms with Crippen LogP contribution < -0.4 is 0 Å². The van der Waals surface area contributed by atoms with Gasteiger partial charge < -0.3 is 5.11 Å². The molecule has 0 aliphatic carbocycles. The SMILES string of the molecule is C=CC(c1ccc(-c2csc(C)n2)s1)S(=O)(=O)n1cc(CCC(=O)O)c2cc(-c3ccccc3)ccc21. The zero-order chi connectivity index (χ0) is 26.2. The van der Waals surface area contributed by atoms with Gasteiger partial charge in [-0.1, -0.05) is 42.5 Å². The molecular weight excluding hydrogens is 525 g/mol. The Bertz CT molecular complexity index is 1710. The summed E-state index contributed by atoms with van der Waals surface area (Å²) in [7, 11) is -3.95. The van der Waals surface area contributed by atoms with Gasteiger partial charge in [-0.15, -0.1) is 29.3 Å². The van der Waals surface area contributed by atoms with E-state index in [4.69, 9.17) is 0 Å². The number of fused-ring (bicyclic) bond motifs is 1. The van der Waals surface area contributed by atoms with Crippen LogP contribution in [0.4, 0.5) is 0 Å². The van der Waals surface area contributed by atoms with E-state index in [-0.39, 0.29) is 12.8 Å². The van der Waals surface area contributed by atoms with E-state index in [1.165, 1.54) is 21.4 Å². The molecule has 0 aliphatic heterocycles. The maximum Gasteiger partial charge on any atom is 0.303 e. The first-order valence-electron chi connectivity index (χ1n) is 11.6. The monoisotopic (exact) mass is 548 g/mol. The van der Waals surface area contributed by atoms with E-state index in [1.54, 1.807) is 23.6 Å². The first kappa shape index (κ1) is 25.1. The maximum absolute atomic E-state index is 14.0. The molecule has 5 aromatic rings. The third kappa shape index (κ3) is 4.90. The average Bonchev–Trinajstić information content (AvgIpc) is 3.62. The highest BCUT2D eigenvalue weighted by Crippen LogP contribution is 2.38. The highest BCUT2D eigenvalue weighted by Gasteiger charge is 2.30. The van der Waals surface area contributed by atoms with Gasteiger partial charge in [0.2, 0.25) is 0 Å². The van der Waals surface area contributed by atoms with Crippen LogP contribution in [0.1, 0.15) is 27.1 Å². The Morgan fingerprint density at radius 2 is 1.92 bits per heavy atom. The number of carboxylic acid groups (broad SMARTS) is 1. The highest BCUT2D eigenvalue weighted by molar-refractivity contribution is 7.90. The van der Waals surface area contributed by atoms with E-state index >= 15 is 0 Å². The zero-order valence-corrected chi connectivity index (χ0v) is 22.4. The van der Waals surface area contributed by atoms with E-state index < -0.39 is 21.2 Å². The molecule has 2 aromatic carbocycles. The van der Waals surface area contributed by atoms with Gasteiger partial charge in [0.25, 0.3) is 10.0 Å². The van der Waals surface area contributed by atoms with Crippen LogP contribution in [0.15, 0.2) is 84.9 Å². The number of aromatic nitrogens is 2. The fraction of sp³-hybridized carbons (Fsp3) is 0.143. The number of rotatable bonds is 9. The number of nitrogens with zero attached hydrogens (tertiary/aromatic N) is 2. The summed E-state index contributed by atoms with van der Waals surface area (Å²) in [6.07, 6.45) is 3.13. The third-order valence-corrected chi connectivity index (χ3v) is 10.2. The second-order valence-corrected chi connectivity index (χ2v) is 12.7. The lowest BCUT2D eigenvalue weighted by molar-refractivity contribution is -0.136. The molecule has 1 atom stereocenters. The van der Waals surface area contributed by atoms with Crippen LogP contribution >= 0.6 is 22.7 Å². The lowest BCUT2D eigenvalue weighted by atomic mass is 10.0. The molecule has 188 valence electrons. The van der Waals surface area contributed by atoms with E-state index in [0.29, 0.717) is 16.0 Å². The number of aliphatic carboxylic acids is 1. The molecule has 1 N–H and O–H groups in total. The molecule has 0 saturated heterocycles. The van der Waals surface area contributed by atoms with Gasteiger partial charge in [-0.2, -0.15) is 0 Å². The van der Waals surface area contributed by atoms with Crippen molar-refractivity contribution >= 4 is 49.6 Å². The third-order valence-electron chi connectivity index (χ3n) is 6.16. The van der Waals surface area contributed by atoms with E-state index in [9.17, 15) is 18.3 Å². The Morgan fingerprint density at radius 3 is 2.59 bits per heavy atom. The minimum absolute atomic E-state index is 0.0963. The van der Waals surface area contributed by atoms with Crippen LogP contribution in [-0.4, -0.2) is 28.5 Å². The van der Waals surface area contributed by atoms with Crippen molar-refractivity contribution in [1.29, 1.82) is 0 Å². The highest BCUT2D eigenvalue weighted by atomic mass is 32.2. The molecular formula is C28H24N2O4S3. The molecule has 5 rings (SSSR count). The molecule has 0 saturated carbocycles. The van der Waals surface area contributed by atoms with Gasteiger partial charge in [0.1, 0.15) is 5.25 Å². The second-order valence-electron chi connectivity index (χ2n) is 8.60. The average molecular weight is 549 g/mol. The van der Waals surface area contributed by atoms with Gasteiger partial charge in [-0.05, 0) is 54.3 Å². The fourth-order valence-electron chi connectivity index (χ4n) is 4.35. The topological polar surface area (TPSA) is 89.3 Å². The molecule has 9 heteroatoms. The molecule has 37 heavy (non-hydrogen) atoms. The molecule has 0 amide bonds. The second kappa shape index (κ2) is 10.1. The smallest absolute Gasteiger partial charge is 0.303 e. The van der Waals surface area contributed by atoms with Gasteiger partial charge in [-0.25, -0.2) is 17.4 Å². The number of thiophene rings is 1. The summed E-state index contributed by atoms with van der Waals surface area (Å²) in [6, 6.07) is 19.1. The van der Waals surface area contributed by atoms with Crippen molar-refractivity contribution in [3.05, 3.63) is 100 Å². The van der Waals surface area contributed by atoms with Gasteiger partial charge in [0, 0.05) is 28.3 Å². The van der Waals surface area contributed by atoms with Crippen LogP contribution in [-0.2, 0) is 21.2 Å². The van der Waals surface area contributed by atoms with Crippen LogP contribution in [0.2, 0.25) is 0 Å². The Labute approximate surface area is 223 Å².